The maximum atomic E-state index is 13.1. The molecule has 3 heterocycles. The molecule has 1 aromatic carbocycles. The number of carbonyl (C=O) groups excluding carboxylic acids is 2. The SMILES string of the molecule is Cc1cccnc1NC(=O)C1CCCN(C(=O)c2occc2COc2ccccc2)C1. The minimum atomic E-state index is -0.293. The van der Waals surface area contributed by atoms with Gasteiger partial charge in [-0.2, -0.15) is 0 Å². The maximum absolute atomic E-state index is 13.1. The third-order valence-corrected chi connectivity index (χ3v) is 5.41. The van der Waals surface area contributed by atoms with Gasteiger partial charge in [-0.1, -0.05) is 24.3 Å². The van der Waals surface area contributed by atoms with E-state index in [1.54, 1.807) is 17.2 Å². The van der Waals surface area contributed by atoms with Gasteiger partial charge in [0, 0.05) is 24.8 Å². The zero-order valence-corrected chi connectivity index (χ0v) is 17.4. The Morgan fingerprint density at radius 3 is 2.84 bits per heavy atom. The molecule has 2 amide bonds. The molecular formula is C24H25N3O4. The van der Waals surface area contributed by atoms with Crippen LogP contribution in [0.1, 0.15) is 34.5 Å². The van der Waals surface area contributed by atoms with E-state index < -0.39 is 0 Å². The van der Waals surface area contributed by atoms with Gasteiger partial charge in [0.15, 0.2) is 5.76 Å². The number of benzene rings is 1. The van der Waals surface area contributed by atoms with Crippen LogP contribution in [0.25, 0.3) is 0 Å². The van der Waals surface area contributed by atoms with E-state index in [2.05, 4.69) is 10.3 Å². The second-order valence-electron chi connectivity index (χ2n) is 7.63. The third kappa shape index (κ3) is 4.94. The standard InChI is InChI=1S/C24H25N3O4/c1-17-7-5-12-25-22(17)26-23(28)18-8-6-13-27(15-18)24(29)21-19(11-14-30-21)16-31-20-9-3-2-4-10-20/h2-5,7,9-12,14,18H,6,8,13,15-16H2,1H3,(H,25,26,28). The number of furan rings is 1. The second-order valence-corrected chi connectivity index (χ2v) is 7.63. The van der Waals surface area contributed by atoms with Crippen molar-refractivity contribution >= 4 is 17.6 Å². The Kier molecular flexibility index (Phi) is 6.31. The van der Waals surface area contributed by atoms with E-state index in [0.29, 0.717) is 24.5 Å². The molecular weight excluding hydrogens is 394 g/mol. The predicted molar refractivity (Wildman–Crippen MR) is 116 cm³/mol. The predicted octanol–water partition coefficient (Wildman–Crippen LogP) is 4.05. The molecule has 1 atom stereocenters. The summed E-state index contributed by atoms with van der Waals surface area (Å²) in [7, 11) is 0. The number of ether oxygens (including phenoxy) is 1. The zero-order chi connectivity index (χ0) is 21.6. The van der Waals surface area contributed by atoms with Crippen LogP contribution in [0.3, 0.4) is 0 Å². The quantitative estimate of drug-likeness (QED) is 0.652. The van der Waals surface area contributed by atoms with Crippen molar-refractivity contribution < 1.29 is 18.7 Å². The molecule has 160 valence electrons. The Morgan fingerprint density at radius 2 is 2.03 bits per heavy atom. The molecule has 4 rings (SSSR count). The first-order valence-electron chi connectivity index (χ1n) is 10.4. The van der Waals surface area contributed by atoms with Crippen molar-refractivity contribution in [1.82, 2.24) is 9.88 Å². The first kappa shape index (κ1) is 20.7. The van der Waals surface area contributed by atoms with Gasteiger partial charge in [0.25, 0.3) is 5.91 Å². The van der Waals surface area contributed by atoms with Crippen LogP contribution in [0.15, 0.2) is 65.4 Å². The lowest BCUT2D eigenvalue weighted by atomic mass is 9.96. The van der Waals surface area contributed by atoms with Crippen LogP contribution in [0.5, 0.6) is 5.75 Å². The number of aryl methyl sites for hydroxylation is 1. The van der Waals surface area contributed by atoms with Gasteiger partial charge in [-0.15, -0.1) is 0 Å². The number of nitrogens with zero attached hydrogens (tertiary/aromatic N) is 2. The second kappa shape index (κ2) is 9.47. The first-order chi connectivity index (χ1) is 15.1. The van der Waals surface area contributed by atoms with Crippen LogP contribution >= 0.6 is 0 Å². The van der Waals surface area contributed by atoms with Crippen LogP contribution in [0.2, 0.25) is 0 Å². The van der Waals surface area contributed by atoms with Gasteiger partial charge in [-0.25, -0.2) is 4.98 Å². The van der Waals surface area contributed by atoms with Gasteiger partial charge < -0.3 is 19.4 Å². The highest BCUT2D eigenvalue weighted by atomic mass is 16.5. The number of rotatable bonds is 6. The molecule has 3 aromatic rings. The fourth-order valence-electron chi connectivity index (χ4n) is 3.67. The molecule has 0 bridgehead atoms. The van der Waals surface area contributed by atoms with Crippen molar-refractivity contribution in [2.75, 3.05) is 18.4 Å². The average Bonchev–Trinajstić information content (AvgIpc) is 3.28. The molecule has 0 aliphatic carbocycles. The Bertz CT molecular complexity index is 1050. The van der Waals surface area contributed by atoms with Crippen LogP contribution in [-0.4, -0.2) is 34.8 Å². The average molecular weight is 419 g/mol. The molecule has 1 aliphatic heterocycles. The highest BCUT2D eigenvalue weighted by molar-refractivity contribution is 5.95. The lowest BCUT2D eigenvalue weighted by Gasteiger charge is -2.31. The third-order valence-electron chi connectivity index (χ3n) is 5.41. The van der Waals surface area contributed by atoms with Gasteiger partial charge in [0.2, 0.25) is 5.91 Å². The number of amides is 2. The van der Waals surface area contributed by atoms with Gasteiger partial charge in [-0.3, -0.25) is 9.59 Å². The first-order valence-corrected chi connectivity index (χ1v) is 10.4. The van der Waals surface area contributed by atoms with E-state index in [4.69, 9.17) is 9.15 Å². The molecule has 0 radical (unpaired) electrons. The summed E-state index contributed by atoms with van der Waals surface area (Å²) >= 11 is 0. The molecule has 1 unspecified atom stereocenters. The Morgan fingerprint density at radius 1 is 1.19 bits per heavy atom. The van der Waals surface area contributed by atoms with E-state index in [0.717, 1.165) is 24.2 Å². The smallest absolute Gasteiger partial charge is 0.289 e. The Labute approximate surface area is 181 Å². The minimum absolute atomic E-state index is 0.119. The Hall–Kier alpha value is -3.61. The number of carbonyl (C=O) groups is 2. The fraction of sp³-hybridized carbons (Fsp3) is 0.292. The number of nitrogens with one attached hydrogen (secondary N) is 1. The van der Waals surface area contributed by atoms with E-state index in [1.807, 2.05) is 49.4 Å². The van der Waals surface area contributed by atoms with Crippen LogP contribution < -0.4 is 10.1 Å². The van der Waals surface area contributed by atoms with Crippen LogP contribution in [-0.2, 0) is 11.4 Å². The highest BCUT2D eigenvalue weighted by Gasteiger charge is 2.31. The molecule has 31 heavy (non-hydrogen) atoms. The van der Waals surface area contributed by atoms with Crippen LogP contribution in [0.4, 0.5) is 5.82 Å². The van der Waals surface area contributed by atoms with Crippen molar-refractivity contribution in [2.24, 2.45) is 5.92 Å². The van der Waals surface area contributed by atoms with Crippen molar-refractivity contribution in [3.63, 3.8) is 0 Å². The normalized spacial score (nSPS) is 16.0. The topological polar surface area (TPSA) is 84.7 Å². The molecule has 2 aromatic heterocycles. The number of pyridine rings is 1. The van der Waals surface area contributed by atoms with E-state index >= 15 is 0 Å². The lowest BCUT2D eigenvalue weighted by Crippen LogP contribution is -2.44. The van der Waals surface area contributed by atoms with Crippen LogP contribution in [0, 0.1) is 12.8 Å². The molecule has 0 spiro atoms. The van der Waals surface area contributed by atoms with Crippen molar-refractivity contribution in [3.05, 3.63) is 77.9 Å². The molecule has 1 N–H and O–H groups in total. The van der Waals surface area contributed by atoms with Gasteiger partial charge in [-0.05, 0) is 49.6 Å². The van der Waals surface area contributed by atoms with Gasteiger partial charge in [0.1, 0.15) is 18.2 Å². The van der Waals surface area contributed by atoms with Gasteiger partial charge in [0.05, 0.1) is 12.2 Å². The summed E-state index contributed by atoms with van der Waals surface area (Å²) in [5, 5.41) is 2.89. The molecule has 0 saturated carbocycles. The lowest BCUT2D eigenvalue weighted by molar-refractivity contribution is -0.121. The maximum Gasteiger partial charge on any atom is 0.289 e. The molecule has 1 saturated heterocycles. The largest absolute Gasteiger partial charge is 0.489 e. The molecule has 1 aliphatic rings. The van der Waals surface area contributed by atoms with E-state index in [-0.39, 0.29) is 30.1 Å². The fourth-order valence-corrected chi connectivity index (χ4v) is 3.67. The summed E-state index contributed by atoms with van der Waals surface area (Å²) < 4.78 is 11.3. The minimum Gasteiger partial charge on any atom is -0.489 e. The molecule has 7 nitrogen and oxygen atoms in total. The number of likely N-dealkylation sites (tertiary alicyclic amines) is 1. The number of aromatic nitrogens is 1. The van der Waals surface area contributed by atoms with Crippen molar-refractivity contribution in [2.45, 2.75) is 26.4 Å². The van der Waals surface area contributed by atoms with E-state index in [9.17, 15) is 9.59 Å². The number of hydrogen-bond acceptors (Lipinski definition) is 5. The summed E-state index contributed by atoms with van der Waals surface area (Å²) in [5.74, 6) is 0.911. The summed E-state index contributed by atoms with van der Waals surface area (Å²) in [6.45, 7) is 3.06. The van der Waals surface area contributed by atoms with Gasteiger partial charge >= 0.3 is 0 Å². The monoisotopic (exact) mass is 419 g/mol. The molecule has 1 fully saturated rings. The number of hydrogen-bond donors (Lipinski definition) is 1. The Balaban J connectivity index is 1.39. The number of para-hydroxylation sites is 1. The zero-order valence-electron chi connectivity index (χ0n) is 17.4. The van der Waals surface area contributed by atoms with Crippen molar-refractivity contribution in [1.29, 1.82) is 0 Å². The highest BCUT2D eigenvalue weighted by Crippen LogP contribution is 2.23. The van der Waals surface area contributed by atoms with E-state index in [1.165, 1.54) is 6.26 Å². The molecule has 7 heteroatoms. The summed E-state index contributed by atoms with van der Waals surface area (Å²) in [6, 6.07) is 14.9. The summed E-state index contributed by atoms with van der Waals surface area (Å²) in [4.78, 5) is 31.8. The van der Waals surface area contributed by atoms with Crippen molar-refractivity contribution in [3.8, 4) is 5.75 Å². The number of piperidine rings is 1. The summed E-state index contributed by atoms with van der Waals surface area (Å²) in [6.07, 6.45) is 4.62. The number of anilines is 1. The summed E-state index contributed by atoms with van der Waals surface area (Å²) in [5.41, 5.74) is 1.59.